The van der Waals surface area contributed by atoms with Gasteiger partial charge in [-0.1, -0.05) is 6.07 Å². The van der Waals surface area contributed by atoms with E-state index in [0.29, 0.717) is 0 Å². The Morgan fingerprint density at radius 1 is 1.31 bits per heavy atom. The third kappa shape index (κ3) is 2.84. The van der Waals surface area contributed by atoms with Crippen LogP contribution in [0.5, 0.6) is 5.75 Å². The number of H-pyrrole nitrogens is 1. The minimum absolute atomic E-state index is 0.263. The topological polar surface area (TPSA) is 60.9 Å². The molecule has 0 fully saturated rings. The first-order valence-corrected chi connectivity index (χ1v) is 5.71. The Morgan fingerprint density at radius 2 is 2.12 bits per heavy atom. The van der Waals surface area contributed by atoms with Crippen molar-refractivity contribution in [3.8, 4) is 5.75 Å². The Bertz CT molecular complexity index is 456. The number of nitrogens with one attached hydrogen (secondary N) is 2. The lowest BCUT2D eigenvalue weighted by Gasteiger charge is -2.04. The Hall–Kier alpha value is -1.33. The van der Waals surface area contributed by atoms with Gasteiger partial charge in [-0.25, -0.2) is 0 Å². The second-order valence-corrected chi connectivity index (χ2v) is 4.35. The van der Waals surface area contributed by atoms with E-state index in [4.69, 9.17) is 0 Å². The van der Waals surface area contributed by atoms with Gasteiger partial charge in [-0.3, -0.25) is 5.10 Å². The molecule has 0 atom stereocenters. The molecule has 0 aliphatic rings. The van der Waals surface area contributed by atoms with E-state index in [1.165, 1.54) is 0 Å². The molecule has 0 unspecified atom stereocenters. The summed E-state index contributed by atoms with van der Waals surface area (Å²) in [6.07, 6.45) is 3.65. The predicted octanol–water partition coefficient (Wildman–Crippen LogP) is 2.17. The number of halogens is 1. The van der Waals surface area contributed by atoms with Crippen molar-refractivity contribution < 1.29 is 5.11 Å². The minimum atomic E-state index is 0.263. The van der Waals surface area contributed by atoms with Crippen molar-refractivity contribution in [3.63, 3.8) is 0 Å². The van der Waals surface area contributed by atoms with Crippen LogP contribution in [-0.4, -0.2) is 15.3 Å². The Kier molecular flexibility index (Phi) is 3.58. The number of nitrogens with zero attached hydrogens (tertiary/aromatic N) is 1. The van der Waals surface area contributed by atoms with Gasteiger partial charge >= 0.3 is 0 Å². The summed E-state index contributed by atoms with van der Waals surface area (Å²) in [6.45, 7) is 1.53. The van der Waals surface area contributed by atoms with E-state index < -0.39 is 0 Å². The van der Waals surface area contributed by atoms with Crippen LogP contribution in [0.2, 0.25) is 0 Å². The first-order chi connectivity index (χ1) is 7.75. The third-order valence-electron chi connectivity index (χ3n) is 2.23. The number of aromatic hydroxyl groups is 1. The van der Waals surface area contributed by atoms with Gasteiger partial charge in [0.1, 0.15) is 5.75 Å². The van der Waals surface area contributed by atoms with Gasteiger partial charge < -0.3 is 10.4 Å². The SMILES string of the molecule is Oc1ccc(CNCc2cn[nH]c2)cc1Br. The van der Waals surface area contributed by atoms with Gasteiger partial charge in [-0.2, -0.15) is 5.10 Å². The first kappa shape index (κ1) is 11.2. The fraction of sp³-hybridized carbons (Fsp3) is 0.182. The highest BCUT2D eigenvalue weighted by Gasteiger charge is 1.99. The molecule has 1 aromatic heterocycles. The average Bonchev–Trinajstić information content (AvgIpc) is 2.76. The van der Waals surface area contributed by atoms with E-state index >= 15 is 0 Å². The summed E-state index contributed by atoms with van der Waals surface area (Å²) >= 11 is 3.28. The van der Waals surface area contributed by atoms with Crippen molar-refractivity contribution in [1.82, 2.24) is 15.5 Å². The van der Waals surface area contributed by atoms with Crippen LogP contribution in [0.3, 0.4) is 0 Å². The Balaban J connectivity index is 1.87. The van der Waals surface area contributed by atoms with E-state index in [-0.39, 0.29) is 5.75 Å². The minimum Gasteiger partial charge on any atom is -0.507 e. The Morgan fingerprint density at radius 3 is 2.81 bits per heavy atom. The third-order valence-corrected chi connectivity index (χ3v) is 2.86. The van der Waals surface area contributed by atoms with Crippen LogP contribution < -0.4 is 5.32 Å². The van der Waals surface area contributed by atoms with Crippen LogP contribution in [0.1, 0.15) is 11.1 Å². The second-order valence-electron chi connectivity index (χ2n) is 3.50. The number of phenols is 1. The molecule has 0 saturated carbocycles. The van der Waals surface area contributed by atoms with Gasteiger partial charge in [0.15, 0.2) is 0 Å². The van der Waals surface area contributed by atoms with Crippen LogP contribution in [0.25, 0.3) is 0 Å². The monoisotopic (exact) mass is 281 g/mol. The maximum atomic E-state index is 9.34. The molecule has 0 aliphatic heterocycles. The number of phenolic OH excluding ortho intramolecular Hbond substituents is 1. The number of hydrogen-bond acceptors (Lipinski definition) is 3. The standard InChI is InChI=1S/C11H12BrN3O/c12-10-3-8(1-2-11(10)16)4-13-5-9-6-14-15-7-9/h1-3,6-7,13,16H,4-5H2,(H,14,15). The molecule has 2 rings (SSSR count). The Labute approximate surface area is 102 Å². The van der Waals surface area contributed by atoms with Crippen LogP contribution in [0, 0.1) is 0 Å². The van der Waals surface area contributed by atoms with E-state index in [0.717, 1.165) is 28.7 Å². The molecule has 2 aromatic rings. The summed E-state index contributed by atoms with van der Waals surface area (Å²) < 4.78 is 0.718. The molecule has 0 spiro atoms. The summed E-state index contributed by atoms with van der Waals surface area (Å²) in [5, 5.41) is 19.3. The molecule has 3 N–H and O–H groups in total. The zero-order valence-electron chi connectivity index (χ0n) is 8.57. The summed E-state index contributed by atoms with van der Waals surface area (Å²) in [5.74, 6) is 0.263. The zero-order valence-corrected chi connectivity index (χ0v) is 10.2. The molecule has 0 aliphatic carbocycles. The number of aromatic amines is 1. The lowest BCUT2D eigenvalue weighted by Crippen LogP contribution is -2.12. The van der Waals surface area contributed by atoms with Gasteiger partial charge in [0.2, 0.25) is 0 Å². The normalized spacial score (nSPS) is 10.6. The van der Waals surface area contributed by atoms with Crippen LogP contribution in [0.15, 0.2) is 35.1 Å². The summed E-state index contributed by atoms with van der Waals surface area (Å²) in [6, 6.07) is 5.47. The van der Waals surface area contributed by atoms with Crippen LogP contribution >= 0.6 is 15.9 Å². The molecule has 1 heterocycles. The van der Waals surface area contributed by atoms with Crippen molar-refractivity contribution in [3.05, 3.63) is 46.2 Å². The smallest absolute Gasteiger partial charge is 0.129 e. The predicted molar refractivity (Wildman–Crippen MR) is 64.9 cm³/mol. The molecule has 0 bridgehead atoms. The number of benzene rings is 1. The van der Waals surface area contributed by atoms with Gasteiger partial charge in [0.05, 0.1) is 10.7 Å². The van der Waals surface area contributed by atoms with Crippen molar-refractivity contribution in [2.24, 2.45) is 0 Å². The summed E-state index contributed by atoms with van der Waals surface area (Å²) in [5.41, 5.74) is 2.24. The molecule has 4 nitrogen and oxygen atoms in total. The van der Waals surface area contributed by atoms with Crippen LogP contribution in [-0.2, 0) is 13.1 Å². The van der Waals surface area contributed by atoms with Gasteiger partial charge in [-0.15, -0.1) is 0 Å². The molecular formula is C11H12BrN3O. The maximum absolute atomic E-state index is 9.34. The highest BCUT2D eigenvalue weighted by molar-refractivity contribution is 9.10. The van der Waals surface area contributed by atoms with E-state index in [2.05, 4.69) is 31.4 Å². The van der Waals surface area contributed by atoms with E-state index in [1.807, 2.05) is 18.3 Å². The fourth-order valence-corrected chi connectivity index (χ4v) is 1.81. The molecule has 5 heteroatoms. The van der Waals surface area contributed by atoms with Crippen molar-refractivity contribution >= 4 is 15.9 Å². The fourth-order valence-electron chi connectivity index (χ4n) is 1.39. The molecule has 84 valence electrons. The van der Waals surface area contributed by atoms with E-state index in [1.54, 1.807) is 12.3 Å². The molecule has 0 saturated heterocycles. The summed E-state index contributed by atoms with van der Waals surface area (Å²) in [4.78, 5) is 0. The van der Waals surface area contributed by atoms with Crippen molar-refractivity contribution in [2.75, 3.05) is 0 Å². The lowest BCUT2D eigenvalue weighted by atomic mass is 10.2. The van der Waals surface area contributed by atoms with Gasteiger partial charge in [0, 0.05) is 24.8 Å². The molecule has 0 radical (unpaired) electrons. The van der Waals surface area contributed by atoms with Crippen molar-refractivity contribution in [2.45, 2.75) is 13.1 Å². The molecular weight excluding hydrogens is 270 g/mol. The number of rotatable bonds is 4. The summed E-state index contributed by atoms with van der Waals surface area (Å²) in [7, 11) is 0. The first-order valence-electron chi connectivity index (χ1n) is 4.91. The highest BCUT2D eigenvalue weighted by atomic mass is 79.9. The van der Waals surface area contributed by atoms with Gasteiger partial charge in [0.25, 0.3) is 0 Å². The zero-order chi connectivity index (χ0) is 11.4. The molecule has 1 aromatic carbocycles. The average molecular weight is 282 g/mol. The van der Waals surface area contributed by atoms with Gasteiger partial charge in [-0.05, 0) is 33.6 Å². The largest absolute Gasteiger partial charge is 0.507 e. The second kappa shape index (κ2) is 5.14. The quantitative estimate of drug-likeness (QED) is 0.805. The van der Waals surface area contributed by atoms with Crippen LogP contribution in [0.4, 0.5) is 0 Å². The lowest BCUT2D eigenvalue weighted by molar-refractivity contribution is 0.471. The number of aromatic nitrogens is 2. The van der Waals surface area contributed by atoms with Crippen molar-refractivity contribution in [1.29, 1.82) is 0 Å². The van der Waals surface area contributed by atoms with E-state index in [9.17, 15) is 5.11 Å². The molecule has 0 amide bonds. The highest BCUT2D eigenvalue weighted by Crippen LogP contribution is 2.24. The number of hydrogen-bond donors (Lipinski definition) is 3. The molecule has 16 heavy (non-hydrogen) atoms. The maximum Gasteiger partial charge on any atom is 0.129 e.